The first kappa shape index (κ1) is 21.0. The normalized spacial score (nSPS) is 13.9. The van der Waals surface area contributed by atoms with Crippen LogP contribution < -0.4 is 0 Å². The highest BCUT2D eigenvalue weighted by Crippen LogP contribution is 2.62. The predicted molar refractivity (Wildman–Crippen MR) is 160 cm³/mol. The fraction of sp³-hybridized carbons (Fsp3) is 0.0263. The Labute approximate surface area is 226 Å². The van der Waals surface area contributed by atoms with Crippen LogP contribution in [0.5, 0.6) is 0 Å². The van der Waals surface area contributed by atoms with Crippen LogP contribution in [0.2, 0.25) is 0 Å². The Kier molecular flexibility index (Phi) is 3.93. The molecule has 0 heterocycles. The van der Waals surface area contributed by atoms with Gasteiger partial charge < -0.3 is 0 Å². The summed E-state index contributed by atoms with van der Waals surface area (Å²) in [5.74, 6) is 0.0562. The monoisotopic (exact) mass is 494 g/mol. The van der Waals surface area contributed by atoms with Gasteiger partial charge in [0.25, 0.3) is 0 Å². The predicted octanol–water partition coefficient (Wildman–Crippen LogP) is 9.05. The Morgan fingerprint density at radius 2 is 0.949 bits per heavy atom. The van der Waals surface area contributed by atoms with Gasteiger partial charge in [-0.1, -0.05) is 127 Å². The second-order valence-electron chi connectivity index (χ2n) is 10.8. The minimum absolute atomic E-state index is 0.0562. The van der Waals surface area contributed by atoms with E-state index in [2.05, 4.69) is 97.1 Å². The van der Waals surface area contributed by atoms with Crippen LogP contribution in [0.15, 0.2) is 133 Å². The van der Waals surface area contributed by atoms with Crippen LogP contribution in [0.1, 0.15) is 38.2 Å². The fourth-order valence-corrected chi connectivity index (χ4v) is 7.58. The number of hydrogen-bond acceptors (Lipinski definition) is 1. The molecule has 180 valence electrons. The molecule has 1 spiro atoms. The number of carbonyl (C=O) groups excluding carboxylic acids is 1. The van der Waals surface area contributed by atoms with Gasteiger partial charge in [-0.15, -0.1) is 0 Å². The van der Waals surface area contributed by atoms with Crippen molar-refractivity contribution in [1.82, 2.24) is 0 Å². The number of hydrogen-bond donors (Lipinski definition) is 0. The van der Waals surface area contributed by atoms with Gasteiger partial charge in [0.1, 0.15) is 0 Å². The zero-order valence-corrected chi connectivity index (χ0v) is 21.1. The lowest BCUT2D eigenvalue weighted by atomic mass is 9.70. The second kappa shape index (κ2) is 7.30. The first-order valence-corrected chi connectivity index (χ1v) is 13.5. The number of fused-ring (bicyclic) bond motifs is 10. The van der Waals surface area contributed by atoms with E-state index < -0.39 is 0 Å². The molecule has 1 nitrogen and oxygen atoms in total. The Morgan fingerprint density at radius 3 is 1.59 bits per heavy atom. The molecule has 0 aliphatic heterocycles. The van der Waals surface area contributed by atoms with Crippen molar-refractivity contribution < 1.29 is 4.79 Å². The molecule has 0 unspecified atom stereocenters. The maximum absolute atomic E-state index is 13.4. The minimum Gasteiger partial charge on any atom is -0.289 e. The fourth-order valence-electron chi connectivity index (χ4n) is 7.58. The zero-order chi connectivity index (χ0) is 25.7. The average Bonchev–Trinajstić information content (AvgIpc) is 3.48. The van der Waals surface area contributed by atoms with Gasteiger partial charge in [0.2, 0.25) is 0 Å². The Morgan fingerprint density at radius 1 is 0.410 bits per heavy atom. The summed E-state index contributed by atoms with van der Waals surface area (Å²) in [6.45, 7) is 0. The molecular formula is C38H22O. The molecule has 7 aromatic rings. The Balaban J connectivity index is 1.44. The van der Waals surface area contributed by atoms with Crippen molar-refractivity contribution in [3.8, 4) is 11.1 Å². The summed E-state index contributed by atoms with van der Waals surface area (Å²) >= 11 is 0. The lowest BCUT2D eigenvalue weighted by Crippen LogP contribution is -2.25. The van der Waals surface area contributed by atoms with E-state index >= 15 is 0 Å². The summed E-state index contributed by atoms with van der Waals surface area (Å²) in [4.78, 5) is 13.4. The van der Waals surface area contributed by atoms with Gasteiger partial charge in [0.15, 0.2) is 5.78 Å². The molecule has 2 aliphatic carbocycles. The molecule has 39 heavy (non-hydrogen) atoms. The lowest BCUT2D eigenvalue weighted by Gasteiger charge is -2.30. The third kappa shape index (κ3) is 2.44. The van der Waals surface area contributed by atoms with Crippen LogP contribution in [0.3, 0.4) is 0 Å². The average molecular weight is 495 g/mol. The summed E-state index contributed by atoms with van der Waals surface area (Å²) in [6, 6.07) is 47.2. The molecule has 2 aliphatic rings. The van der Waals surface area contributed by atoms with Crippen molar-refractivity contribution in [2.24, 2.45) is 0 Å². The van der Waals surface area contributed by atoms with Crippen LogP contribution in [0.4, 0.5) is 0 Å². The highest BCUT2D eigenvalue weighted by molar-refractivity contribution is 6.30. The zero-order valence-electron chi connectivity index (χ0n) is 21.1. The van der Waals surface area contributed by atoms with E-state index in [1.165, 1.54) is 60.3 Å². The highest BCUT2D eigenvalue weighted by atomic mass is 16.1. The third-order valence-corrected chi connectivity index (χ3v) is 9.04. The molecule has 0 radical (unpaired) electrons. The molecule has 0 N–H and O–H groups in total. The third-order valence-electron chi connectivity index (χ3n) is 9.04. The van der Waals surface area contributed by atoms with Crippen molar-refractivity contribution >= 4 is 38.1 Å². The minimum atomic E-state index is -0.353. The van der Waals surface area contributed by atoms with Crippen LogP contribution >= 0.6 is 0 Å². The molecule has 0 bridgehead atoms. The van der Waals surface area contributed by atoms with Gasteiger partial charge >= 0.3 is 0 Å². The standard InChI is InChI=1S/C38H22O/c39-37(23-10-2-1-3-11-23)24-20-21-25-28-14-8-18-33-35(28)36-29(30(25)22-24)15-9-19-34(36)38(33)31-16-6-4-12-26(31)27-13-5-7-17-32(27)38/h1-22H. The molecule has 0 saturated carbocycles. The van der Waals surface area contributed by atoms with Gasteiger partial charge in [-0.05, 0) is 71.8 Å². The smallest absolute Gasteiger partial charge is 0.193 e. The van der Waals surface area contributed by atoms with Crippen molar-refractivity contribution in [3.05, 3.63) is 167 Å². The maximum atomic E-state index is 13.4. The number of ketones is 1. The van der Waals surface area contributed by atoms with E-state index in [4.69, 9.17) is 0 Å². The van der Waals surface area contributed by atoms with Crippen molar-refractivity contribution in [2.75, 3.05) is 0 Å². The molecule has 0 saturated heterocycles. The van der Waals surface area contributed by atoms with Gasteiger partial charge in [-0.3, -0.25) is 4.79 Å². The van der Waals surface area contributed by atoms with Gasteiger partial charge in [0, 0.05) is 11.1 Å². The van der Waals surface area contributed by atoms with E-state index in [9.17, 15) is 4.79 Å². The molecule has 0 aromatic heterocycles. The number of carbonyl (C=O) groups is 1. The molecule has 0 atom stereocenters. The Bertz CT molecular complexity index is 2140. The van der Waals surface area contributed by atoms with E-state index in [1.807, 2.05) is 36.4 Å². The summed E-state index contributed by atoms with van der Waals surface area (Å²) < 4.78 is 0. The van der Waals surface area contributed by atoms with Crippen LogP contribution in [-0.4, -0.2) is 5.78 Å². The first-order valence-electron chi connectivity index (χ1n) is 13.5. The molecule has 7 aromatic carbocycles. The van der Waals surface area contributed by atoms with Crippen molar-refractivity contribution in [2.45, 2.75) is 5.41 Å². The second-order valence-corrected chi connectivity index (χ2v) is 10.8. The summed E-state index contributed by atoms with van der Waals surface area (Å²) in [5, 5.41) is 7.44. The SMILES string of the molecule is O=C(c1ccccc1)c1ccc2c(c1)c1cccc3c1c1c(cccc21)C31c2ccccc2-c2ccccc21. The van der Waals surface area contributed by atoms with Gasteiger partial charge in [0.05, 0.1) is 5.41 Å². The Hall–Kier alpha value is -5.01. The quantitative estimate of drug-likeness (QED) is 0.173. The van der Waals surface area contributed by atoms with Crippen molar-refractivity contribution in [3.63, 3.8) is 0 Å². The summed E-state index contributed by atoms with van der Waals surface area (Å²) in [5.41, 5.74) is 9.12. The summed E-state index contributed by atoms with van der Waals surface area (Å²) in [6.07, 6.45) is 0. The van der Waals surface area contributed by atoms with Crippen LogP contribution in [0.25, 0.3) is 43.4 Å². The lowest BCUT2D eigenvalue weighted by molar-refractivity contribution is 0.103. The van der Waals surface area contributed by atoms with Gasteiger partial charge in [-0.25, -0.2) is 0 Å². The number of rotatable bonds is 2. The van der Waals surface area contributed by atoms with E-state index in [-0.39, 0.29) is 11.2 Å². The number of benzene rings is 7. The largest absolute Gasteiger partial charge is 0.289 e. The molecular weight excluding hydrogens is 472 g/mol. The van der Waals surface area contributed by atoms with Crippen molar-refractivity contribution in [1.29, 1.82) is 0 Å². The summed E-state index contributed by atoms with van der Waals surface area (Å²) in [7, 11) is 0. The maximum Gasteiger partial charge on any atom is 0.193 e. The molecule has 9 rings (SSSR count). The molecule has 0 amide bonds. The van der Waals surface area contributed by atoms with E-state index in [1.54, 1.807) is 0 Å². The first-order chi connectivity index (χ1) is 19.3. The van der Waals surface area contributed by atoms with Gasteiger partial charge in [-0.2, -0.15) is 0 Å². The molecule has 1 heteroatoms. The van der Waals surface area contributed by atoms with E-state index in [0.29, 0.717) is 5.56 Å². The highest BCUT2D eigenvalue weighted by Gasteiger charge is 2.50. The molecule has 0 fully saturated rings. The van der Waals surface area contributed by atoms with Crippen LogP contribution in [0, 0.1) is 0 Å². The van der Waals surface area contributed by atoms with Crippen LogP contribution in [-0.2, 0) is 5.41 Å². The topological polar surface area (TPSA) is 17.1 Å². The van der Waals surface area contributed by atoms with E-state index in [0.717, 1.165) is 10.9 Å².